The predicted octanol–water partition coefficient (Wildman–Crippen LogP) is 1.90. The van der Waals surface area contributed by atoms with Crippen LogP contribution in [0.2, 0.25) is 0 Å². The number of para-hydroxylation sites is 1. The lowest BCUT2D eigenvalue weighted by Gasteiger charge is -2.15. The highest BCUT2D eigenvalue weighted by atomic mass is 16.3. The van der Waals surface area contributed by atoms with Gasteiger partial charge in [-0.2, -0.15) is 5.10 Å². The Labute approximate surface area is 77.3 Å². The van der Waals surface area contributed by atoms with Crippen LogP contribution in [0.25, 0.3) is 0 Å². The molecular formula is C10H12N2O. The zero-order chi connectivity index (χ0) is 9.26. The van der Waals surface area contributed by atoms with Gasteiger partial charge in [-0.3, -0.25) is 5.01 Å². The fourth-order valence-corrected chi connectivity index (χ4v) is 1.43. The standard InChI is InChI=1S/C10H12N2O/c1-8-4-2-5-9(10(8)13)12-7-3-6-11-12/h2,4-6,13H,3,7H2,1H3. The van der Waals surface area contributed by atoms with Gasteiger partial charge in [0.1, 0.15) is 11.4 Å². The molecule has 68 valence electrons. The van der Waals surface area contributed by atoms with Gasteiger partial charge in [0.05, 0.1) is 0 Å². The summed E-state index contributed by atoms with van der Waals surface area (Å²) in [5.41, 5.74) is 1.69. The number of hydrazone groups is 1. The Balaban J connectivity index is 2.39. The van der Waals surface area contributed by atoms with Crippen LogP contribution in [0.15, 0.2) is 23.3 Å². The van der Waals surface area contributed by atoms with Crippen molar-refractivity contribution in [3.8, 4) is 5.75 Å². The van der Waals surface area contributed by atoms with Crippen molar-refractivity contribution in [2.24, 2.45) is 5.10 Å². The SMILES string of the molecule is Cc1cccc(N2CCC=N2)c1O. The number of anilines is 1. The van der Waals surface area contributed by atoms with Crippen molar-refractivity contribution in [2.75, 3.05) is 11.6 Å². The molecule has 0 aromatic heterocycles. The van der Waals surface area contributed by atoms with Crippen LogP contribution < -0.4 is 5.01 Å². The first-order chi connectivity index (χ1) is 6.29. The number of hydrogen-bond donors (Lipinski definition) is 1. The smallest absolute Gasteiger partial charge is 0.143 e. The van der Waals surface area contributed by atoms with Crippen LogP contribution in [-0.4, -0.2) is 17.9 Å². The zero-order valence-electron chi connectivity index (χ0n) is 7.57. The van der Waals surface area contributed by atoms with E-state index in [1.807, 2.05) is 36.3 Å². The Bertz CT molecular complexity index is 347. The molecule has 1 aliphatic rings. The van der Waals surface area contributed by atoms with Gasteiger partial charge >= 0.3 is 0 Å². The average molecular weight is 176 g/mol. The largest absolute Gasteiger partial charge is 0.505 e. The van der Waals surface area contributed by atoms with E-state index >= 15 is 0 Å². The normalized spacial score (nSPS) is 15.3. The summed E-state index contributed by atoms with van der Waals surface area (Å²) < 4.78 is 0. The molecule has 0 bridgehead atoms. The number of benzene rings is 1. The first-order valence-corrected chi connectivity index (χ1v) is 4.37. The van der Waals surface area contributed by atoms with Crippen molar-refractivity contribution >= 4 is 11.9 Å². The summed E-state index contributed by atoms with van der Waals surface area (Å²) in [6, 6.07) is 5.70. The number of aromatic hydroxyl groups is 1. The topological polar surface area (TPSA) is 35.8 Å². The lowest BCUT2D eigenvalue weighted by Crippen LogP contribution is -2.12. The van der Waals surface area contributed by atoms with Crippen molar-refractivity contribution in [3.05, 3.63) is 23.8 Å². The van der Waals surface area contributed by atoms with Crippen molar-refractivity contribution in [1.29, 1.82) is 0 Å². The van der Waals surface area contributed by atoms with Gasteiger partial charge in [-0.25, -0.2) is 0 Å². The maximum absolute atomic E-state index is 9.74. The van der Waals surface area contributed by atoms with E-state index in [1.54, 1.807) is 0 Å². The minimum atomic E-state index is 0.335. The summed E-state index contributed by atoms with van der Waals surface area (Å²) in [4.78, 5) is 0. The van der Waals surface area contributed by atoms with Crippen molar-refractivity contribution in [2.45, 2.75) is 13.3 Å². The minimum absolute atomic E-state index is 0.335. The van der Waals surface area contributed by atoms with Gasteiger partial charge in [-0.15, -0.1) is 0 Å². The van der Waals surface area contributed by atoms with Crippen LogP contribution in [0.1, 0.15) is 12.0 Å². The molecule has 1 heterocycles. The van der Waals surface area contributed by atoms with Crippen LogP contribution in [0.5, 0.6) is 5.75 Å². The van der Waals surface area contributed by atoms with Gasteiger partial charge in [0, 0.05) is 19.2 Å². The monoisotopic (exact) mass is 176 g/mol. The van der Waals surface area contributed by atoms with Crippen LogP contribution in [0.4, 0.5) is 5.69 Å². The van der Waals surface area contributed by atoms with Crippen LogP contribution >= 0.6 is 0 Å². The second kappa shape index (κ2) is 3.09. The third-order valence-corrected chi connectivity index (χ3v) is 2.19. The van der Waals surface area contributed by atoms with Gasteiger partial charge in [-0.1, -0.05) is 12.1 Å². The molecule has 3 nitrogen and oxygen atoms in total. The van der Waals surface area contributed by atoms with E-state index in [0.29, 0.717) is 5.75 Å². The first kappa shape index (κ1) is 8.10. The highest BCUT2D eigenvalue weighted by Crippen LogP contribution is 2.31. The molecule has 0 fully saturated rings. The van der Waals surface area contributed by atoms with E-state index in [1.165, 1.54) is 0 Å². The Hall–Kier alpha value is -1.51. The maximum atomic E-state index is 9.74. The van der Waals surface area contributed by atoms with Gasteiger partial charge in [0.15, 0.2) is 0 Å². The molecule has 0 radical (unpaired) electrons. The Kier molecular flexibility index (Phi) is 1.93. The summed E-state index contributed by atoms with van der Waals surface area (Å²) in [6.45, 7) is 2.75. The third kappa shape index (κ3) is 1.37. The number of hydrogen-bond acceptors (Lipinski definition) is 3. The molecule has 3 heteroatoms. The molecule has 1 N–H and O–H groups in total. The highest BCUT2D eigenvalue weighted by molar-refractivity contribution is 5.68. The molecule has 0 spiro atoms. The Morgan fingerprint density at radius 1 is 1.46 bits per heavy atom. The second-order valence-corrected chi connectivity index (χ2v) is 3.15. The number of rotatable bonds is 1. The van der Waals surface area contributed by atoms with Crippen LogP contribution in [0.3, 0.4) is 0 Å². The third-order valence-electron chi connectivity index (χ3n) is 2.19. The lowest BCUT2D eigenvalue weighted by atomic mass is 10.2. The predicted molar refractivity (Wildman–Crippen MR) is 53.3 cm³/mol. The fraction of sp³-hybridized carbons (Fsp3) is 0.300. The summed E-state index contributed by atoms with van der Waals surface area (Å²) in [5.74, 6) is 0.335. The molecule has 1 aromatic carbocycles. The van der Waals surface area contributed by atoms with Gasteiger partial charge in [0.2, 0.25) is 0 Å². The molecule has 0 unspecified atom stereocenters. The first-order valence-electron chi connectivity index (χ1n) is 4.37. The summed E-state index contributed by atoms with van der Waals surface area (Å²) in [7, 11) is 0. The molecule has 1 aliphatic heterocycles. The van der Waals surface area contributed by atoms with Crippen molar-refractivity contribution in [1.82, 2.24) is 0 Å². The van der Waals surface area contributed by atoms with Crippen LogP contribution in [0, 0.1) is 6.92 Å². The maximum Gasteiger partial charge on any atom is 0.143 e. The molecule has 13 heavy (non-hydrogen) atoms. The number of phenols is 1. The Morgan fingerprint density at radius 3 is 3.00 bits per heavy atom. The molecule has 0 amide bonds. The van der Waals surface area contributed by atoms with Crippen LogP contribution in [-0.2, 0) is 0 Å². The van der Waals surface area contributed by atoms with E-state index < -0.39 is 0 Å². The quantitative estimate of drug-likeness (QED) is 0.709. The van der Waals surface area contributed by atoms with Crippen molar-refractivity contribution < 1.29 is 5.11 Å². The van der Waals surface area contributed by atoms with Crippen molar-refractivity contribution in [3.63, 3.8) is 0 Å². The molecule has 0 saturated carbocycles. The van der Waals surface area contributed by atoms with E-state index in [0.717, 1.165) is 24.2 Å². The highest BCUT2D eigenvalue weighted by Gasteiger charge is 2.13. The molecule has 0 atom stereocenters. The minimum Gasteiger partial charge on any atom is -0.505 e. The van der Waals surface area contributed by atoms with E-state index in [9.17, 15) is 5.11 Å². The zero-order valence-corrected chi connectivity index (χ0v) is 7.57. The second-order valence-electron chi connectivity index (χ2n) is 3.15. The summed E-state index contributed by atoms with van der Waals surface area (Å²) in [6.07, 6.45) is 2.81. The number of nitrogens with zero attached hydrogens (tertiary/aromatic N) is 2. The molecule has 2 rings (SSSR count). The average Bonchev–Trinajstić information content (AvgIpc) is 2.62. The van der Waals surface area contributed by atoms with E-state index in [2.05, 4.69) is 5.10 Å². The fourth-order valence-electron chi connectivity index (χ4n) is 1.43. The van der Waals surface area contributed by atoms with Gasteiger partial charge < -0.3 is 5.11 Å². The Morgan fingerprint density at radius 2 is 2.31 bits per heavy atom. The molecular weight excluding hydrogens is 164 g/mol. The molecule has 0 saturated heterocycles. The summed E-state index contributed by atoms with van der Waals surface area (Å²) in [5, 5.41) is 15.7. The van der Waals surface area contributed by atoms with E-state index in [4.69, 9.17) is 0 Å². The number of phenolic OH excluding ortho intramolecular Hbond substituents is 1. The van der Waals surface area contributed by atoms with Gasteiger partial charge in [-0.05, 0) is 18.6 Å². The molecule has 0 aliphatic carbocycles. The van der Waals surface area contributed by atoms with E-state index in [-0.39, 0.29) is 0 Å². The lowest BCUT2D eigenvalue weighted by molar-refractivity contribution is 0.470. The summed E-state index contributed by atoms with van der Waals surface area (Å²) >= 11 is 0. The molecule has 1 aromatic rings. The van der Waals surface area contributed by atoms with Gasteiger partial charge in [0.25, 0.3) is 0 Å². The number of aryl methyl sites for hydroxylation is 1.